The zero-order valence-electron chi connectivity index (χ0n) is 15.9. The molecule has 4 rings (SSSR count). The topological polar surface area (TPSA) is 68.5 Å². The fourth-order valence-electron chi connectivity index (χ4n) is 3.20. The van der Waals surface area contributed by atoms with Crippen molar-refractivity contribution in [2.24, 2.45) is 5.16 Å². The summed E-state index contributed by atoms with van der Waals surface area (Å²) in [7, 11) is 0. The molecule has 9 heteroatoms. The van der Waals surface area contributed by atoms with Gasteiger partial charge in [-0.25, -0.2) is 4.39 Å². The second kappa shape index (κ2) is 8.57. The Balaban J connectivity index is 1.42. The first kappa shape index (κ1) is 20.6. The minimum absolute atomic E-state index is 0.105. The summed E-state index contributed by atoms with van der Waals surface area (Å²) in [5.41, 5.74) is 2.71. The van der Waals surface area contributed by atoms with E-state index in [1.165, 1.54) is 12.1 Å². The molecular weight excluding hydrogens is 475 g/mol. The molecule has 1 N–H and O–H groups in total. The molecule has 1 aliphatic rings. The van der Waals surface area contributed by atoms with E-state index in [-0.39, 0.29) is 17.0 Å². The number of amides is 1. The van der Waals surface area contributed by atoms with Crippen molar-refractivity contribution in [1.29, 1.82) is 0 Å². The SMILES string of the molecule is Cc1cccc(Cn2cc(Br)c(NC(=O)C3CC(c4c(F)cccc4Cl)=NO3)n2)c1. The monoisotopic (exact) mass is 490 g/mol. The Bertz CT molecular complexity index is 1130. The lowest BCUT2D eigenvalue weighted by Gasteiger charge is -2.08. The second-order valence-electron chi connectivity index (χ2n) is 6.93. The van der Waals surface area contributed by atoms with Gasteiger partial charge in [0.15, 0.2) is 5.82 Å². The molecule has 0 radical (unpaired) electrons. The van der Waals surface area contributed by atoms with Crippen LogP contribution in [0.3, 0.4) is 0 Å². The summed E-state index contributed by atoms with van der Waals surface area (Å²) in [4.78, 5) is 17.8. The number of aromatic nitrogens is 2. The molecule has 6 nitrogen and oxygen atoms in total. The molecule has 0 saturated carbocycles. The Morgan fingerprint density at radius 2 is 2.17 bits per heavy atom. The molecule has 154 valence electrons. The summed E-state index contributed by atoms with van der Waals surface area (Å²) in [5, 5.41) is 11.2. The fraction of sp³-hybridized carbons (Fsp3) is 0.190. The zero-order chi connectivity index (χ0) is 21.3. The van der Waals surface area contributed by atoms with E-state index in [2.05, 4.69) is 37.6 Å². The molecule has 1 unspecified atom stereocenters. The van der Waals surface area contributed by atoms with Crippen molar-refractivity contribution in [1.82, 2.24) is 9.78 Å². The fourth-order valence-corrected chi connectivity index (χ4v) is 3.88. The van der Waals surface area contributed by atoms with Crippen LogP contribution in [0.2, 0.25) is 5.02 Å². The molecule has 1 aromatic heterocycles. The summed E-state index contributed by atoms with van der Waals surface area (Å²) in [5.74, 6) is -0.570. The minimum atomic E-state index is -0.899. The van der Waals surface area contributed by atoms with Gasteiger partial charge in [-0.3, -0.25) is 9.48 Å². The van der Waals surface area contributed by atoms with E-state index in [4.69, 9.17) is 16.4 Å². The molecule has 0 bridgehead atoms. The molecule has 1 aliphatic heterocycles. The number of rotatable bonds is 5. The van der Waals surface area contributed by atoms with Gasteiger partial charge in [0.2, 0.25) is 6.10 Å². The number of carbonyl (C=O) groups is 1. The molecule has 0 saturated heterocycles. The molecule has 1 amide bonds. The maximum Gasteiger partial charge on any atom is 0.269 e. The predicted molar refractivity (Wildman–Crippen MR) is 116 cm³/mol. The number of anilines is 1. The number of benzene rings is 2. The third kappa shape index (κ3) is 4.39. The third-order valence-electron chi connectivity index (χ3n) is 4.60. The van der Waals surface area contributed by atoms with Crippen LogP contribution in [0.1, 0.15) is 23.1 Å². The Labute approximate surface area is 185 Å². The van der Waals surface area contributed by atoms with E-state index in [0.717, 1.165) is 11.1 Å². The lowest BCUT2D eigenvalue weighted by Crippen LogP contribution is -2.28. The average molecular weight is 492 g/mol. The van der Waals surface area contributed by atoms with E-state index in [9.17, 15) is 9.18 Å². The Hall–Kier alpha value is -2.71. The van der Waals surface area contributed by atoms with Crippen molar-refractivity contribution in [2.45, 2.75) is 26.0 Å². The summed E-state index contributed by atoms with van der Waals surface area (Å²) in [6.07, 6.45) is 0.993. The van der Waals surface area contributed by atoms with Gasteiger partial charge in [-0.05, 0) is 40.5 Å². The van der Waals surface area contributed by atoms with Crippen LogP contribution in [0.25, 0.3) is 0 Å². The molecule has 0 aliphatic carbocycles. The molecule has 0 spiro atoms. The first-order valence-corrected chi connectivity index (χ1v) is 10.3. The number of halogens is 3. The van der Waals surface area contributed by atoms with Crippen LogP contribution in [-0.2, 0) is 16.2 Å². The first-order valence-electron chi connectivity index (χ1n) is 9.17. The highest BCUT2D eigenvalue weighted by Gasteiger charge is 2.31. The lowest BCUT2D eigenvalue weighted by atomic mass is 10.0. The van der Waals surface area contributed by atoms with E-state index in [1.807, 2.05) is 25.1 Å². The highest BCUT2D eigenvalue weighted by Crippen LogP contribution is 2.27. The van der Waals surface area contributed by atoms with Crippen molar-refractivity contribution in [3.63, 3.8) is 0 Å². The van der Waals surface area contributed by atoms with Crippen LogP contribution in [0.4, 0.5) is 10.2 Å². The quantitative estimate of drug-likeness (QED) is 0.550. The Morgan fingerprint density at radius 3 is 2.93 bits per heavy atom. The summed E-state index contributed by atoms with van der Waals surface area (Å²) >= 11 is 9.49. The maximum absolute atomic E-state index is 14.1. The number of hydrogen-bond acceptors (Lipinski definition) is 4. The highest BCUT2D eigenvalue weighted by molar-refractivity contribution is 9.10. The van der Waals surface area contributed by atoms with Crippen LogP contribution in [0.5, 0.6) is 0 Å². The zero-order valence-corrected chi connectivity index (χ0v) is 18.2. The van der Waals surface area contributed by atoms with Gasteiger partial charge in [-0.1, -0.05) is 52.7 Å². The Morgan fingerprint density at radius 1 is 1.37 bits per heavy atom. The van der Waals surface area contributed by atoms with Gasteiger partial charge in [-0.15, -0.1) is 0 Å². The molecular formula is C21H17BrClFN4O2. The van der Waals surface area contributed by atoms with Crippen LogP contribution in [-0.4, -0.2) is 27.5 Å². The Kier molecular flexibility index (Phi) is 5.87. The van der Waals surface area contributed by atoms with E-state index >= 15 is 0 Å². The second-order valence-corrected chi connectivity index (χ2v) is 8.20. The lowest BCUT2D eigenvalue weighted by molar-refractivity contribution is -0.125. The normalized spacial score (nSPS) is 15.6. The first-order chi connectivity index (χ1) is 14.4. The van der Waals surface area contributed by atoms with Crippen molar-refractivity contribution < 1.29 is 14.0 Å². The van der Waals surface area contributed by atoms with Crippen LogP contribution < -0.4 is 5.32 Å². The average Bonchev–Trinajstić information content (AvgIpc) is 3.29. The van der Waals surface area contributed by atoms with Crippen LogP contribution in [0, 0.1) is 12.7 Å². The van der Waals surface area contributed by atoms with Gasteiger partial charge in [-0.2, -0.15) is 5.10 Å². The van der Waals surface area contributed by atoms with Gasteiger partial charge < -0.3 is 10.2 Å². The van der Waals surface area contributed by atoms with E-state index in [0.29, 0.717) is 22.5 Å². The molecule has 2 aromatic carbocycles. The van der Waals surface area contributed by atoms with Crippen molar-refractivity contribution in [3.8, 4) is 0 Å². The molecule has 30 heavy (non-hydrogen) atoms. The smallest absolute Gasteiger partial charge is 0.269 e. The standard InChI is InChI=1S/C21H17BrClFN4O2/c1-12-4-2-5-13(8-12)10-28-11-14(22)20(26-28)25-21(29)18-9-17(27-30-18)19-15(23)6-3-7-16(19)24/h2-8,11,18H,9-10H2,1H3,(H,25,26,29). The summed E-state index contributed by atoms with van der Waals surface area (Å²) < 4.78 is 16.5. The van der Waals surface area contributed by atoms with Crippen LogP contribution in [0.15, 0.2) is 58.3 Å². The van der Waals surface area contributed by atoms with Crippen molar-refractivity contribution in [2.75, 3.05) is 5.32 Å². The van der Waals surface area contributed by atoms with Gasteiger partial charge in [0, 0.05) is 12.6 Å². The minimum Gasteiger partial charge on any atom is -0.382 e. The number of hydrogen-bond donors (Lipinski definition) is 1. The largest absolute Gasteiger partial charge is 0.382 e. The number of aryl methyl sites for hydroxylation is 1. The molecule has 3 aromatic rings. The van der Waals surface area contributed by atoms with Gasteiger partial charge in [0.25, 0.3) is 5.91 Å². The number of oxime groups is 1. The molecule has 2 heterocycles. The highest BCUT2D eigenvalue weighted by atomic mass is 79.9. The summed E-state index contributed by atoms with van der Waals surface area (Å²) in [6.45, 7) is 2.59. The van der Waals surface area contributed by atoms with E-state index in [1.54, 1.807) is 16.9 Å². The van der Waals surface area contributed by atoms with Gasteiger partial charge >= 0.3 is 0 Å². The van der Waals surface area contributed by atoms with Gasteiger partial charge in [0.05, 0.1) is 27.3 Å². The number of nitrogens with one attached hydrogen (secondary N) is 1. The third-order valence-corrected chi connectivity index (χ3v) is 5.49. The van der Waals surface area contributed by atoms with Gasteiger partial charge in [0.1, 0.15) is 5.82 Å². The number of carbonyl (C=O) groups excluding carboxylic acids is 1. The van der Waals surface area contributed by atoms with Crippen molar-refractivity contribution in [3.05, 3.63) is 80.7 Å². The molecule has 1 atom stereocenters. The number of nitrogens with zero attached hydrogens (tertiary/aromatic N) is 3. The van der Waals surface area contributed by atoms with Crippen LogP contribution >= 0.6 is 27.5 Å². The van der Waals surface area contributed by atoms with E-state index < -0.39 is 17.8 Å². The summed E-state index contributed by atoms with van der Waals surface area (Å²) in [6, 6.07) is 12.5. The predicted octanol–water partition coefficient (Wildman–Crippen LogP) is 4.93. The molecule has 0 fully saturated rings. The van der Waals surface area contributed by atoms with Crippen molar-refractivity contribution >= 4 is 45.0 Å². The maximum atomic E-state index is 14.1.